The van der Waals surface area contributed by atoms with Gasteiger partial charge in [-0.15, -0.1) is 0 Å². The molecular weight excluding hydrogens is 553 g/mol. The van der Waals surface area contributed by atoms with Crippen LogP contribution in [0.4, 0.5) is 0 Å². The fourth-order valence-corrected chi connectivity index (χ4v) is 8.12. The Morgan fingerprint density at radius 3 is 1.30 bits per heavy atom. The summed E-state index contributed by atoms with van der Waals surface area (Å²) < 4.78 is 0. The second kappa shape index (κ2) is 9.76. The molecule has 0 spiro atoms. The summed E-state index contributed by atoms with van der Waals surface area (Å²) in [6, 6.07) is 62.6. The topological polar surface area (TPSA) is 0 Å². The monoisotopic (exact) mass is 580 g/mol. The predicted octanol–water partition coefficient (Wildman–Crippen LogP) is 13.0. The van der Waals surface area contributed by atoms with Gasteiger partial charge in [0.1, 0.15) is 0 Å². The Hall–Kier alpha value is -5.98. The minimum Gasteiger partial charge on any atom is -0.0622 e. The highest BCUT2D eigenvalue weighted by atomic mass is 14.2. The Bertz CT molecular complexity index is 2770. The Morgan fingerprint density at radius 1 is 0.196 bits per heavy atom. The Balaban J connectivity index is 1.38. The van der Waals surface area contributed by atoms with Gasteiger partial charge in [-0.2, -0.15) is 0 Å². The van der Waals surface area contributed by atoms with Crippen LogP contribution < -0.4 is 0 Å². The molecule has 0 aliphatic heterocycles. The molecule has 0 heteroatoms. The molecule has 0 N–H and O–H groups in total. The molecule has 10 rings (SSSR count). The largest absolute Gasteiger partial charge is 0.0622 e. The van der Waals surface area contributed by atoms with Gasteiger partial charge in [-0.05, 0) is 98.0 Å². The van der Waals surface area contributed by atoms with Crippen LogP contribution in [0.5, 0.6) is 0 Å². The third-order valence-electron chi connectivity index (χ3n) is 10.0. The van der Waals surface area contributed by atoms with Crippen molar-refractivity contribution in [2.24, 2.45) is 0 Å². The van der Waals surface area contributed by atoms with Gasteiger partial charge in [-0.1, -0.05) is 170 Å². The molecule has 0 amide bonds. The van der Waals surface area contributed by atoms with E-state index in [1.54, 1.807) is 0 Å². The third-order valence-corrected chi connectivity index (χ3v) is 10.0. The fourth-order valence-electron chi connectivity index (χ4n) is 8.12. The van der Waals surface area contributed by atoms with Crippen LogP contribution in [0.2, 0.25) is 0 Å². The molecule has 0 heterocycles. The van der Waals surface area contributed by atoms with E-state index in [0.29, 0.717) is 0 Å². The number of hydrogen-bond acceptors (Lipinski definition) is 0. The average molecular weight is 581 g/mol. The lowest BCUT2D eigenvalue weighted by molar-refractivity contribution is 1.65. The zero-order valence-electron chi connectivity index (χ0n) is 25.2. The van der Waals surface area contributed by atoms with Gasteiger partial charge in [0, 0.05) is 0 Å². The molecule has 0 nitrogen and oxygen atoms in total. The minimum atomic E-state index is 1.24. The summed E-state index contributed by atoms with van der Waals surface area (Å²) in [4.78, 5) is 0. The van der Waals surface area contributed by atoms with Gasteiger partial charge in [0.2, 0.25) is 0 Å². The van der Waals surface area contributed by atoms with E-state index in [-0.39, 0.29) is 0 Å². The van der Waals surface area contributed by atoms with Crippen molar-refractivity contribution >= 4 is 64.6 Å². The second-order valence-electron chi connectivity index (χ2n) is 12.4. The molecule has 0 atom stereocenters. The molecule has 0 radical (unpaired) electrons. The highest BCUT2D eigenvalue weighted by molar-refractivity contribution is 6.41. The standard InChI is InChI=1S/C46H28/c1-3-13-29(14-4-1)31-25-27-40(34-18-8-7-17-33(31)34)44-36-19-9-10-20-38(36)46-42-28-26-32(30-15-5-2-6-16-30)35-21-11-22-37(43(35)42)39-23-12-24-41(44)45(39)46/h1-28H. The maximum atomic E-state index is 2.37. The molecule has 0 aliphatic carbocycles. The molecule has 0 saturated carbocycles. The first-order valence-corrected chi connectivity index (χ1v) is 16.0. The van der Waals surface area contributed by atoms with Gasteiger partial charge in [0.15, 0.2) is 0 Å². The first-order valence-electron chi connectivity index (χ1n) is 16.0. The summed E-state index contributed by atoms with van der Waals surface area (Å²) in [7, 11) is 0. The molecule has 0 unspecified atom stereocenters. The molecule has 0 aromatic heterocycles. The molecular formula is C46H28. The third kappa shape index (κ3) is 3.50. The van der Waals surface area contributed by atoms with Crippen molar-refractivity contribution in [3.63, 3.8) is 0 Å². The quantitative estimate of drug-likeness (QED) is 0.144. The van der Waals surface area contributed by atoms with E-state index in [1.165, 1.54) is 98.0 Å². The van der Waals surface area contributed by atoms with Gasteiger partial charge >= 0.3 is 0 Å². The van der Waals surface area contributed by atoms with E-state index in [9.17, 15) is 0 Å². The summed E-state index contributed by atoms with van der Waals surface area (Å²) in [5, 5.41) is 15.7. The van der Waals surface area contributed by atoms with E-state index in [2.05, 4.69) is 170 Å². The Kier molecular flexibility index (Phi) is 5.38. The smallest absolute Gasteiger partial charge is 0.00137 e. The van der Waals surface area contributed by atoms with E-state index in [4.69, 9.17) is 0 Å². The Labute approximate surface area is 267 Å². The van der Waals surface area contributed by atoms with Crippen LogP contribution in [0.3, 0.4) is 0 Å². The van der Waals surface area contributed by atoms with Crippen LogP contribution in [0, 0.1) is 0 Å². The lowest BCUT2D eigenvalue weighted by atomic mass is 9.81. The van der Waals surface area contributed by atoms with Crippen LogP contribution in [-0.2, 0) is 0 Å². The summed E-state index contributed by atoms with van der Waals surface area (Å²) in [6.07, 6.45) is 0. The molecule has 212 valence electrons. The summed E-state index contributed by atoms with van der Waals surface area (Å²) in [5.74, 6) is 0. The van der Waals surface area contributed by atoms with Crippen LogP contribution in [0.15, 0.2) is 170 Å². The Morgan fingerprint density at radius 2 is 0.609 bits per heavy atom. The van der Waals surface area contributed by atoms with E-state index >= 15 is 0 Å². The van der Waals surface area contributed by atoms with Crippen molar-refractivity contribution in [2.75, 3.05) is 0 Å². The lowest BCUT2D eigenvalue weighted by Crippen LogP contribution is -1.94. The van der Waals surface area contributed by atoms with Crippen molar-refractivity contribution in [1.29, 1.82) is 0 Å². The average Bonchev–Trinajstić information content (AvgIpc) is 3.13. The molecule has 0 saturated heterocycles. The maximum Gasteiger partial charge on any atom is -0.00137 e. The van der Waals surface area contributed by atoms with Crippen molar-refractivity contribution in [2.45, 2.75) is 0 Å². The maximum absolute atomic E-state index is 2.37. The molecule has 46 heavy (non-hydrogen) atoms. The highest BCUT2D eigenvalue weighted by Crippen LogP contribution is 2.50. The van der Waals surface area contributed by atoms with Crippen molar-refractivity contribution < 1.29 is 0 Å². The van der Waals surface area contributed by atoms with Gasteiger partial charge in [-0.3, -0.25) is 0 Å². The SMILES string of the molecule is c1ccc(-c2ccc(-c3c4ccccc4c4c5ccc(-c6ccccc6)c6cccc(c7cccc3c74)c65)c3ccccc23)cc1. The molecule has 10 aromatic carbocycles. The zero-order valence-corrected chi connectivity index (χ0v) is 25.2. The number of hydrogen-bond donors (Lipinski definition) is 0. The van der Waals surface area contributed by atoms with Crippen LogP contribution in [-0.4, -0.2) is 0 Å². The van der Waals surface area contributed by atoms with Gasteiger partial charge in [0.05, 0.1) is 0 Å². The van der Waals surface area contributed by atoms with Gasteiger partial charge < -0.3 is 0 Å². The van der Waals surface area contributed by atoms with Gasteiger partial charge in [0.25, 0.3) is 0 Å². The number of benzene rings is 10. The molecule has 0 bridgehead atoms. The van der Waals surface area contributed by atoms with E-state index in [1.807, 2.05) is 0 Å². The lowest BCUT2D eigenvalue weighted by Gasteiger charge is -2.22. The van der Waals surface area contributed by atoms with Crippen LogP contribution >= 0.6 is 0 Å². The van der Waals surface area contributed by atoms with Crippen molar-refractivity contribution in [3.8, 4) is 33.4 Å². The summed E-state index contributed by atoms with van der Waals surface area (Å²) in [6.45, 7) is 0. The van der Waals surface area contributed by atoms with Crippen molar-refractivity contribution in [1.82, 2.24) is 0 Å². The highest BCUT2D eigenvalue weighted by Gasteiger charge is 2.21. The first kappa shape index (κ1) is 25.4. The number of rotatable bonds is 3. The fraction of sp³-hybridized carbons (Fsp3) is 0. The summed E-state index contributed by atoms with van der Waals surface area (Å²) in [5.41, 5.74) is 7.62. The minimum absolute atomic E-state index is 1.24. The summed E-state index contributed by atoms with van der Waals surface area (Å²) >= 11 is 0. The van der Waals surface area contributed by atoms with Crippen molar-refractivity contribution in [3.05, 3.63) is 170 Å². The van der Waals surface area contributed by atoms with E-state index < -0.39 is 0 Å². The normalized spacial score (nSPS) is 11.9. The molecule has 10 aromatic rings. The molecule has 0 fully saturated rings. The van der Waals surface area contributed by atoms with Crippen LogP contribution in [0.25, 0.3) is 98.0 Å². The first-order chi connectivity index (χ1) is 22.9. The second-order valence-corrected chi connectivity index (χ2v) is 12.4. The zero-order chi connectivity index (χ0) is 30.2. The van der Waals surface area contributed by atoms with Crippen LogP contribution in [0.1, 0.15) is 0 Å². The van der Waals surface area contributed by atoms with Gasteiger partial charge in [-0.25, -0.2) is 0 Å². The number of fused-ring (bicyclic) bond motifs is 5. The van der Waals surface area contributed by atoms with E-state index in [0.717, 1.165) is 0 Å². The predicted molar refractivity (Wildman–Crippen MR) is 199 cm³/mol. The molecule has 0 aliphatic rings.